The Kier molecular flexibility index (Phi) is 5.94. The highest BCUT2D eigenvalue weighted by Gasteiger charge is 2.40. The number of amides is 1. The molecule has 7 nitrogen and oxygen atoms in total. The molecule has 0 heterocycles. The van der Waals surface area contributed by atoms with Crippen LogP contribution in [-0.4, -0.2) is 44.7 Å². The predicted molar refractivity (Wildman–Crippen MR) is 73.5 cm³/mol. The molecule has 1 fully saturated rings. The van der Waals surface area contributed by atoms with E-state index in [4.69, 9.17) is 5.11 Å². The molecule has 0 aromatic heterocycles. The van der Waals surface area contributed by atoms with Gasteiger partial charge < -0.3 is 10.4 Å². The zero-order valence-electron chi connectivity index (χ0n) is 11.8. The van der Waals surface area contributed by atoms with Crippen molar-refractivity contribution in [1.82, 2.24) is 10.0 Å². The van der Waals surface area contributed by atoms with Crippen LogP contribution in [0.3, 0.4) is 0 Å². The van der Waals surface area contributed by atoms with E-state index in [1.807, 2.05) is 6.92 Å². The first kappa shape index (κ1) is 16.9. The Morgan fingerprint density at radius 1 is 1.20 bits per heavy atom. The molecule has 0 spiro atoms. The topological polar surface area (TPSA) is 113 Å². The zero-order chi connectivity index (χ0) is 15.3. The summed E-state index contributed by atoms with van der Waals surface area (Å²) in [6.45, 7) is 2.53. The first-order valence-electron chi connectivity index (χ1n) is 6.66. The van der Waals surface area contributed by atoms with Crippen LogP contribution in [0.25, 0.3) is 0 Å². The van der Waals surface area contributed by atoms with Crippen LogP contribution in [0.1, 0.15) is 26.2 Å². The van der Waals surface area contributed by atoms with E-state index in [0.717, 1.165) is 6.26 Å². The van der Waals surface area contributed by atoms with Crippen LogP contribution in [0.5, 0.6) is 0 Å². The highest BCUT2D eigenvalue weighted by molar-refractivity contribution is 7.88. The molecule has 0 aromatic carbocycles. The summed E-state index contributed by atoms with van der Waals surface area (Å²) in [6.07, 6.45) is 2.66. The van der Waals surface area contributed by atoms with Crippen molar-refractivity contribution in [3.05, 3.63) is 0 Å². The summed E-state index contributed by atoms with van der Waals surface area (Å²) >= 11 is 0. The van der Waals surface area contributed by atoms with Crippen molar-refractivity contribution in [2.24, 2.45) is 17.8 Å². The standard InChI is InChI=1S/C12H22N2O5S/c1-8-6-9(10(7-8)12(16)17)11(15)13-4-3-5-14-20(2,18)19/h8-10,14H,3-7H2,1-2H3,(H,13,15)(H,16,17)/t8?,9-,10+/m0/s1. The number of rotatable bonds is 7. The van der Waals surface area contributed by atoms with Crippen molar-refractivity contribution in [1.29, 1.82) is 0 Å². The van der Waals surface area contributed by atoms with E-state index in [-0.39, 0.29) is 18.4 Å². The maximum absolute atomic E-state index is 12.0. The van der Waals surface area contributed by atoms with Crippen molar-refractivity contribution >= 4 is 21.9 Å². The van der Waals surface area contributed by atoms with E-state index in [9.17, 15) is 18.0 Å². The van der Waals surface area contributed by atoms with Gasteiger partial charge in [-0.15, -0.1) is 0 Å². The first-order valence-corrected chi connectivity index (χ1v) is 8.55. The molecule has 0 saturated heterocycles. The zero-order valence-corrected chi connectivity index (χ0v) is 12.6. The molecule has 20 heavy (non-hydrogen) atoms. The Hall–Kier alpha value is -1.15. The molecule has 0 bridgehead atoms. The molecule has 1 rings (SSSR count). The van der Waals surface area contributed by atoms with Gasteiger partial charge >= 0.3 is 5.97 Å². The second kappa shape index (κ2) is 7.03. The number of hydrogen-bond acceptors (Lipinski definition) is 4. The quantitative estimate of drug-likeness (QED) is 0.563. The number of carbonyl (C=O) groups excluding carboxylic acids is 1. The monoisotopic (exact) mass is 306 g/mol. The summed E-state index contributed by atoms with van der Waals surface area (Å²) in [5.41, 5.74) is 0. The lowest BCUT2D eigenvalue weighted by Crippen LogP contribution is -2.36. The third-order valence-corrected chi connectivity index (χ3v) is 4.20. The molecule has 0 aliphatic heterocycles. The molecule has 1 unspecified atom stereocenters. The maximum atomic E-state index is 12.0. The van der Waals surface area contributed by atoms with Gasteiger partial charge in [0, 0.05) is 13.1 Å². The van der Waals surface area contributed by atoms with Gasteiger partial charge in [-0.3, -0.25) is 9.59 Å². The van der Waals surface area contributed by atoms with Crippen molar-refractivity contribution < 1.29 is 23.1 Å². The Morgan fingerprint density at radius 2 is 1.80 bits per heavy atom. The van der Waals surface area contributed by atoms with E-state index in [1.54, 1.807) is 0 Å². The van der Waals surface area contributed by atoms with Gasteiger partial charge in [0.05, 0.1) is 18.1 Å². The summed E-state index contributed by atoms with van der Waals surface area (Å²) in [5.74, 6) is -2.03. The third kappa shape index (κ3) is 5.46. The SMILES string of the molecule is CC1C[C@H](C(=O)NCCCNS(C)(=O)=O)[C@H](C(=O)O)C1. The molecular formula is C12H22N2O5S. The van der Waals surface area contributed by atoms with E-state index in [0.29, 0.717) is 25.8 Å². The number of hydrogen-bond donors (Lipinski definition) is 3. The van der Waals surface area contributed by atoms with Crippen LogP contribution in [0.15, 0.2) is 0 Å². The molecule has 8 heteroatoms. The summed E-state index contributed by atoms with van der Waals surface area (Å²) in [5, 5.41) is 11.8. The number of carboxylic acids is 1. The summed E-state index contributed by atoms with van der Waals surface area (Å²) < 4.78 is 24.0. The Labute approximate surface area is 119 Å². The van der Waals surface area contributed by atoms with Gasteiger partial charge in [-0.25, -0.2) is 13.1 Å². The number of carbonyl (C=O) groups is 2. The minimum absolute atomic E-state index is 0.235. The lowest BCUT2D eigenvalue weighted by Gasteiger charge is -2.15. The summed E-state index contributed by atoms with van der Waals surface area (Å²) in [6, 6.07) is 0. The van der Waals surface area contributed by atoms with Crippen molar-refractivity contribution in [3.8, 4) is 0 Å². The van der Waals surface area contributed by atoms with Crippen molar-refractivity contribution in [2.75, 3.05) is 19.3 Å². The smallest absolute Gasteiger partial charge is 0.307 e. The number of sulfonamides is 1. The van der Waals surface area contributed by atoms with Gasteiger partial charge in [-0.1, -0.05) is 6.92 Å². The molecule has 1 saturated carbocycles. The molecule has 3 atom stereocenters. The first-order chi connectivity index (χ1) is 9.20. The van der Waals surface area contributed by atoms with Gasteiger partial charge in [0.1, 0.15) is 0 Å². The van der Waals surface area contributed by atoms with Crippen molar-refractivity contribution in [2.45, 2.75) is 26.2 Å². The second-order valence-electron chi connectivity index (χ2n) is 5.44. The fourth-order valence-corrected chi connectivity index (χ4v) is 3.06. The van der Waals surface area contributed by atoms with Gasteiger partial charge in [0.15, 0.2) is 0 Å². The van der Waals surface area contributed by atoms with E-state index < -0.39 is 27.8 Å². The largest absolute Gasteiger partial charge is 0.481 e. The van der Waals surface area contributed by atoms with Crippen LogP contribution >= 0.6 is 0 Å². The Balaban J connectivity index is 2.33. The highest BCUT2D eigenvalue weighted by atomic mass is 32.2. The van der Waals surface area contributed by atoms with Gasteiger partial charge in [-0.05, 0) is 25.2 Å². The summed E-state index contributed by atoms with van der Waals surface area (Å²) in [7, 11) is -3.21. The third-order valence-electron chi connectivity index (χ3n) is 3.47. The molecule has 0 aromatic rings. The van der Waals surface area contributed by atoms with Gasteiger partial charge in [0.2, 0.25) is 15.9 Å². The maximum Gasteiger partial charge on any atom is 0.307 e. The Bertz CT molecular complexity index is 462. The van der Waals surface area contributed by atoms with E-state index in [1.165, 1.54) is 0 Å². The molecule has 1 aliphatic rings. The number of nitrogens with one attached hydrogen (secondary N) is 2. The average Bonchev–Trinajstić information content (AvgIpc) is 2.69. The number of aliphatic carboxylic acids is 1. The molecule has 0 radical (unpaired) electrons. The normalized spacial score (nSPS) is 26.4. The van der Waals surface area contributed by atoms with Crippen LogP contribution in [-0.2, 0) is 19.6 Å². The highest BCUT2D eigenvalue weighted by Crippen LogP contribution is 2.36. The Morgan fingerprint density at radius 3 is 2.35 bits per heavy atom. The van der Waals surface area contributed by atoms with E-state index in [2.05, 4.69) is 10.0 Å². The van der Waals surface area contributed by atoms with Gasteiger partial charge in [-0.2, -0.15) is 0 Å². The fraction of sp³-hybridized carbons (Fsp3) is 0.833. The van der Waals surface area contributed by atoms with Crippen molar-refractivity contribution in [3.63, 3.8) is 0 Å². The molecular weight excluding hydrogens is 284 g/mol. The van der Waals surface area contributed by atoms with Crippen LogP contribution < -0.4 is 10.0 Å². The lowest BCUT2D eigenvalue weighted by atomic mass is 9.95. The fourth-order valence-electron chi connectivity index (χ4n) is 2.54. The molecule has 1 amide bonds. The summed E-state index contributed by atoms with van der Waals surface area (Å²) in [4.78, 5) is 23.0. The number of carboxylic acid groups (broad SMARTS) is 1. The van der Waals surface area contributed by atoms with Crippen LogP contribution in [0.4, 0.5) is 0 Å². The molecule has 3 N–H and O–H groups in total. The lowest BCUT2D eigenvalue weighted by molar-refractivity contribution is -0.146. The van der Waals surface area contributed by atoms with Crippen LogP contribution in [0.2, 0.25) is 0 Å². The minimum Gasteiger partial charge on any atom is -0.481 e. The van der Waals surface area contributed by atoms with Gasteiger partial charge in [0.25, 0.3) is 0 Å². The minimum atomic E-state index is -3.21. The average molecular weight is 306 g/mol. The van der Waals surface area contributed by atoms with E-state index >= 15 is 0 Å². The molecule has 116 valence electrons. The van der Waals surface area contributed by atoms with Crippen LogP contribution in [0, 0.1) is 17.8 Å². The second-order valence-corrected chi connectivity index (χ2v) is 7.27. The predicted octanol–water partition coefficient (Wildman–Crippen LogP) is -0.211. The molecule has 1 aliphatic carbocycles.